The van der Waals surface area contributed by atoms with Gasteiger partial charge >= 0.3 is 0 Å². The van der Waals surface area contributed by atoms with E-state index in [1.54, 1.807) is 0 Å². The molecule has 1 aliphatic carbocycles. The van der Waals surface area contributed by atoms with Crippen molar-refractivity contribution in [2.75, 3.05) is 0 Å². The molecule has 0 amide bonds. The maximum atomic E-state index is 5.48. The highest BCUT2D eigenvalue weighted by molar-refractivity contribution is 6.24. The van der Waals surface area contributed by atoms with Crippen LogP contribution in [0.2, 0.25) is 0 Å². The molecule has 0 saturated heterocycles. The maximum Gasteiger partial charge on any atom is 0.134 e. The molecule has 2 heterocycles. The van der Waals surface area contributed by atoms with Gasteiger partial charge in [-0.1, -0.05) is 164 Å². The van der Waals surface area contributed by atoms with Gasteiger partial charge in [-0.2, -0.15) is 0 Å². The lowest BCUT2D eigenvalue weighted by Gasteiger charge is -2.27. The normalized spacial score (nSPS) is 15.4. The monoisotopic (exact) mass is 658 g/mol. The summed E-state index contributed by atoms with van der Waals surface area (Å²) >= 11 is 0. The molecular weight excluding hydrogens is 629 g/mol. The van der Waals surface area contributed by atoms with Gasteiger partial charge in [-0.25, -0.2) is 4.98 Å². The Kier molecular flexibility index (Phi) is 5.46. The Balaban J connectivity index is 1.23. The van der Waals surface area contributed by atoms with Crippen molar-refractivity contribution in [1.82, 2.24) is 9.55 Å². The van der Waals surface area contributed by atoms with E-state index in [2.05, 4.69) is 187 Å². The summed E-state index contributed by atoms with van der Waals surface area (Å²) < 4.78 is 2.41. The molecule has 52 heavy (non-hydrogen) atoms. The fraction of sp³-hybridized carbons (Fsp3) is 0.0200. The van der Waals surface area contributed by atoms with Crippen molar-refractivity contribution in [3.63, 3.8) is 0 Å². The molecule has 0 radical (unpaired) electrons. The van der Waals surface area contributed by atoms with E-state index >= 15 is 0 Å². The fourth-order valence-corrected chi connectivity index (χ4v) is 9.85. The molecule has 1 atom stereocenters. The number of para-hydroxylation sites is 3. The quantitative estimate of drug-likeness (QED) is 0.169. The van der Waals surface area contributed by atoms with Gasteiger partial charge in [0.15, 0.2) is 0 Å². The molecule has 1 unspecified atom stereocenters. The Labute approximate surface area is 300 Å². The fourth-order valence-electron chi connectivity index (χ4n) is 9.85. The van der Waals surface area contributed by atoms with Crippen LogP contribution in [0.15, 0.2) is 182 Å². The van der Waals surface area contributed by atoms with Gasteiger partial charge in [0.05, 0.1) is 16.7 Å². The third kappa shape index (κ3) is 3.37. The number of nitrogens with zero attached hydrogens (tertiary/aromatic N) is 2. The third-order valence-electron chi connectivity index (χ3n) is 11.8. The Morgan fingerprint density at radius 1 is 0.365 bits per heavy atom. The summed E-state index contributed by atoms with van der Waals surface area (Å²) in [5.41, 5.74) is 14.3. The predicted octanol–water partition coefficient (Wildman–Crippen LogP) is 12.5. The Morgan fingerprint density at radius 2 is 0.885 bits per heavy atom. The molecule has 1 aliphatic heterocycles. The van der Waals surface area contributed by atoms with Crippen molar-refractivity contribution in [2.24, 2.45) is 0 Å². The first-order valence-electron chi connectivity index (χ1n) is 18.1. The van der Waals surface area contributed by atoms with Crippen molar-refractivity contribution in [3.8, 4) is 39.1 Å². The third-order valence-corrected chi connectivity index (χ3v) is 11.8. The Bertz CT molecular complexity index is 3080. The van der Waals surface area contributed by atoms with Crippen LogP contribution in [0.4, 0.5) is 0 Å². The van der Waals surface area contributed by atoms with Gasteiger partial charge in [-0.05, 0) is 101 Å². The topological polar surface area (TPSA) is 17.8 Å². The molecule has 2 aliphatic rings. The summed E-state index contributed by atoms with van der Waals surface area (Å²) in [6.45, 7) is 0. The average molecular weight is 659 g/mol. The molecular formula is C50H30N2. The molecule has 12 rings (SSSR count). The minimum Gasteiger partial charge on any atom is -0.295 e. The second kappa shape index (κ2) is 10.2. The van der Waals surface area contributed by atoms with E-state index in [-0.39, 0.29) is 0 Å². The minimum atomic E-state index is -0.550. The van der Waals surface area contributed by atoms with Gasteiger partial charge in [0.25, 0.3) is 0 Å². The molecule has 240 valence electrons. The van der Waals surface area contributed by atoms with E-state index < -0.39 is 5.41 Å². The van der Waals surface area contributed by atoms with Crippen LogP contribution in [0, 0.1) is 0 Å². The molecule has 0 fully saturated rings. The van der Waals surface area contributed by atoms with Gasteiger partial charge in [-0.3, -0.25) is 4.57 Å². The largest absolute Gasteiger partial charge is 0.295 e. The zero-order valence-corrected chi connectivity index (χ0v) is 28.2. The van der Waals surface area contributed by atoms with Crippen LogP contribution in [0.25, 0.3) is 82.4 Å². The van der Waals surface area contributed by atoms with E-state index in [0.29, 0.717) is 0 Å². The molecule has 0 bridgehead atoms. The molecule has 1 spiro atoms. The average Bonchev–Trinajstić information content (AvgIpc) is 3.84. The Hall–Kier alpha value is -6.77. The molecule has 2 nitrogen and oxygen atoms in total. The van der Waals surface area contributed by atoms with E-state index in [9.17, 15) is 0 Å². The Morgan fingerprint density at radius 3 is 1.67 bits per heavy atom. The van der Waals surface area contributed by atoms with Gasteiger partial charge in [0.1, 0.15) is 11.2 Å². The van der Waals surface area contributed by atoms with E-state index in [0.717, 1.165) is 16.9 Å². The molecule has 10 aromatic rings. The lowest BCUT2D eigenvalue weighted by Crippen LogP contribution is -2.27. The summed E-state index contributed by atoms with van der Waals surface area (Å²) in [4.78, 5) is 5.48. The van der Waals surface area contributed by atoms with Crippen LogP contribution in [0.3, 0.4) is 0 Å². The van der Waals surface area contributed by atoms with Crippen LogP contribution < -0.4 is 0 Å². The first-order chi connectivity index (χ1) is 25.8. The molecule has 2 heteroatoms. The van der Waals surface area contributed by atoms with Crippen molar-refractivity contribution in [1.29, 1.82) is 0 Å². The zero-order valence-electron chi connectivity index (χ0n) is 28.2. The van der Waals surface area contributed by atoms with Gasteiger partial charge < -0.3 is 0 Å². The minimum absolute atomic E-state index is 0.550. The van der Waals surface area contributed by atoms with E-state index in [4.69, 9.17) is 4.98 Å². The highest BCUT2D eigenvalue weighted by atomic mass is 15.1. The number of benzene rings is 9. The zero-order chi connectivity index (χ0) is 34.0. The smallest absolute Gasteiger partial charge is 0.134 e. The highest BCUT2D eigenvalue weighted by Crippen LogP contribution is 2.62. The van der Waals surface area contributed by atoms with Crippen LogP contribution in [0.5, 0.6) is 0 Å². The first kappa shape index (κ1) is 28.0. The SMILES string of the molecule is c1ccc2c(c1)-c1c(-c3c4ccccc4c(-c4cccc5ccccc45)c4ccccc34)cccc1C21c2ccccc2-n2c1nc1ccccc12. The molecule has 1 aromatic heterocycles. The van der Waals surface area contributed by atoms with E-state index in [1.165, 1.54) is 88.1 Å². The van der Waals surface area contributed by atoms with Gasteiger partial charge in [0.2, 0.25) is 0 Å². The maximum absolute atomic E-state index is 5.48. The van der Waals surface area contributed by atoms with Crippen molar-refractivity contribution in [2.45, 2.75) is 5.41 Å². The summed E-state index contributed by atoms with van der Waals surface area (Å²) in [6, 6.07) is 67.1. The lowest BCUT2D eigenvalue weighted by atomic mass is 9.72. The number of hydrogen-bond acceptors (Lipinski definition) is 1. The lowest BCUT2D eigenvalue weighted by molar-refractivity contribution is 0.738. The summed E-state index contributed by atoms with van der Waals surface area (Å²) in [7, 11) is 0. The molecule has 0 saturated carbocycles. The molecule has 9 aromatic carbocycles. The number of imidazole rings is 1. The second-order valence-electron chi connectivity index (χ2n) is 14.2. The van der Waals surface area contributed by atoms with Crippen molar-refractivity contribution >= 4 is 43.4 Å². The number of hydrogen-bond donors (Lipinski definition) is 0. The van der Waals surface area contributed by atoms with Crippen LogP contribution >= 0.6 is 0 Å². The highest BCUT2D eigenvalue weighted by Gasteiger charge is 2.54. The first-order valence-corrected chi connectivity index (χ1v) is 18.1. The van der Waals surface area contributed by atoms with Crippen LogP contribution in [0.1, 0.15) is 22.5 Å². The number of rotatable bonds is 2. The predicted molar refractivity (Wildman–Crippen MR) is 215 cm³/mol. The van der Waals surface area contributed by atoms with E-state index in [1.807, 2.05) is 0 Å². The van der Waals surface area contributed by atoms with Crippen molar-refractivity contribution < 1.29 is 0 Å². The number of fused-ring (bicyclic) bond motifs is 15. The summed E-state index contributed by atoms with van der Waals surface area (Å²) in [5.74, 6) is 1.07. The number of aromatic nitrogens is 2. The standard InChI is InChI=1S/C50H30N2/c1-2-17-32-31(15-1)16-13-23-33(32)46-34-18-3-5-20-36(34)47(37-21-6-4-19-35(37)46)39-24-14-27-42-48(39)38-22-7-8-25-40(38)50(42)41-26-9-11-29-44(41)52-45-30-12-10-28-43(45)51-49(50)52/h1-30H. The van der Waals surface area contributed by atoms with Gasteiger partial charge in [0, 0.05) is 0 Å². The van der Waals surface area contributed by atoms with Crippen LogP contribution in [-0.4, -0.2) is 9.55 Å². The van der Waals surface area contributed by atoms with Gasteiger partial charge in [-0.15, -0.1) is 0 Å². The van der Waals surface area contributed by atoms with Crippen LogP contribution in [-0.2, 0) is 5.41 Å². The molecule has 0 N–H and O–H groups in total. The summed E-state index contributed by atoms with van der Waals surface area (Å²) in [6.07, 6.45) is 0. The van der Waals surface area contributed by atoms with Crippen molar-refractivity contribution in [3.05, 3.63) is 205 Å². The second-order valence-corrected chi connectivity index (χ2v) is 14.2. The summed E-state index contributed by atoms with van der Waals surface area (Å²) in [5, 5.41) is 7.57.